The Balaban J connectivity index is 1.70. The fourth-order valence-electron chi connectivity index (χ4n) is 3.87. The Kier molecular flexibility index (Phi) is 7.27. The Hall–Kier alpha value is -2.52. The quantitative estimate of drug-likeness (QED) is 0.633. The Labute approximate surface area is 188 Å². The molecular weight excluding hydrogens is 405 g/mol. The molecule has 31 heavy (non-hydrogen) atoms. The van der Waals surface area contributed by atoms with Crippen LogP contribution in [-0.2, 0) is 11.3 Å². The maximum absolute atomic E-state index is 12.9. The molecule has 2 aliphatic heterocycles. The number of aliphatic hydroxyl groups excluding tert-OH is 1. The summed E-state index contributed by atoms with van der Waals surface area (Å²) in [6.45, 7) is 17.5. The molecule has 0 radical (unpaired) electrons. The molecule has 2 N–H and O–H groups in total. The molecule has 166 valence electrons. The van der Waals surface area contributed by atoms with E-state index in [-0.39, 0.29) is 11.7 Å². The van der Waals surface area contributed by atoms with E-state index < -0.39 is 0 Å². The fraction of sp³-hybridized carbons (Fsp3) is 0.400. The average Bonchev–Trinajstić information content (AvgIpc) is 2.74. The molecule has 1 amide bonds. The number of allylic oxidation sites excluding steroid dienone is 1. The molecule has 3 rings (SSSR count). The SMILES string of the molecule is C=C1C(C(=O)NCc2ccc(C)cc2P)=CN2CCN(CC[C@H](C)CC)C(=C)C2=C1O. The second kappa shape index (κ2) is 9.74. The van der Waals surface area contributed by atoms with Gasteiger partial charge in [-0.1, -0.05) is 57.2 Å². The number of aliphatic hydroxyl groups is 1. The van der Waals surface area contributed by atoms with Gasteiger partial charge in [-0.3, -0.25) is 4.79 Å². The van der Waals surface area contributed by atoms with Gasteiger partial charge in [-0.05, 0) is 30.1 Å². The topological polar surface area (TPSA) is 55.8 Å². The summed E-state index contributed by atoms with van der Waals surface area (Å²) in [5.74, 6) is 0.443. The maximum atomic E-state index is 12.9. The van der Waals surface area contributed by atoms with E-state index in [0.717, 1.165) is 42.5 Å². The normalized spacial score (nSPS) is 17.5. The lowest BCUT2D eigenvalue weighted by molar-refractivity contribution is -0.117. The monoisotopic (exact) mass is 439 g/mol. The van der Waals surface area contributed by atoms with Gasteiger partial charge in [-0.2, -0.15) is 0 Å². The highest BCUT2D eigenvalue weighted by Gasteiger charge is 2.33. The van der Waals surface area contributed by atoms with Gasteiger partial charge in [0.1, 0.15) is 11.5 Å². The first-order valence-electron chi connectivity index (χ1n) is 10.9. The number of hydrogen-bond acceptors (Lipinski definition) is 4. The van der Waals surface area contributed by atoms with Crippen LogP contribution >= 0.6 is 9.24 Å². The van der Waals surface area contributed by atoms with Crippen LogP contribution in [0.3, 0.4) is 0 Å². The largest absolute Gasteiger partial charge is 0.505 e. The van der Waals surface area contributed by atoms with Crippen molar-refractivity contribution in [3.05, 3.63) is 77.0 Å². The zero-order valence-electron chi connectivity index (χ0n) is 18.9. The summed E-state index contributed by atoms with van der Waals surface area (Å²) in [5.41, 5.74) is 4.38. The Bertz CT molecular complexity index is 964. The number of aryl methyl sites for hydroxylation is 1. The first kappa shape index (κ1) is 23.1. The van der Waals surface area contributed by atoms with Crippen molar-refractivity contribution in [1.29, 1.82) is 0 Å². The lowest BCUT2D eigenvalue weighted by atomic mass is 9.97. The number of carbonyl (C=O) groups is 1. The second-order valence-corrected chi connectivity index (χ2v) is 9.15. The number of amides is 1. The van der Waals surface area contributed by atoms with Crippen molar-refractivity contribution in [2.45, 2.75) is 40.2 Å². The van der Waals surface area contributed by atoms with E-state index in [0.29, 0.717) is 35.9 Å². The van der Waals surface area contributed by atoms with E-state index in [1.165, 1.54) is 5.56 Å². The molecule has 1 saturated heterocycles. The van der Waals surface area contributed by atoms with Crippen molar-refractivity contribution in [2.75, 3.05) is 19.6 Å². The molecule has 0 bridgehead atoms. The summed E-state index contributed by atoms with van der Waals surface area (Å²) in [4.78, 5) is 17.0. The fourth-order valence-corrected chi connectivity index (χ4v) is 4.33. The minimum atomic E-state index is -0.245. The zero-order valence-corrected chi connectivity index (χ0v) is 20.0. The van der Waals surface area contributed by atoms with Crippen LogP contribution in [0.4, 0.5) is 0 Å². The molecule has 0 aliphatic carbocycles. The summed E-state index contributed by atoms with van der Waals surface area (Å²) < 4.78 is 0. The number of nitrogens with zero attached hydrogens (tertiary/aromatic N) is 2. The van der Waals surface area contributed by atoms with Crippen LogP contribution in [0.15, 0.2) is 65.9 Å². The number of rotatable bonds is 7. The van der Waals surface area contributed by atoms with Gasteiger partial charge in [0, 0.05) is 38.0 Å². The first-order valence-corrected chi connectivity index (χ1v) is 11.5. The average molecular weight is 440 g/mol. The molecule has 0 aromatic heterocycles. The highest BCUT2D eigenvalue weighted by atomic mass is 31.0. The lowest BCUT2D eigenvalue weighted by Gasteiger charge is -2.42. The van der Waals surface area contributed by atoms with Crippen molar-refractivity contribution in [3.8, 4) is 0 Å². The molecule has 2 aliphatic rings. The van der Waals surface area contributed by atoms with E-state index in [2.05, 4.69) is 52.5 Å². The molecule has 0 spiro atoms. The predicted octanol–water partition coefficient (Wildman–Crippen LogP) is 3.90. The maximum Gasteiger partial charge on any atom is 0.253 e. The van der Waals surface area contributed by atoms with Crippen LogP contribution in [0.5, 0.6) is 0 Å². The van der Waals surface area contributed by atoms with E-state index in [9.17, 15) is 9.90 Å². The van der Waals surface area contributed by atoms with E-state index >= 15 is 0 Å². The lowest BCUT2D eigenvalue weighted by Crippen LogP contribution is -2.44. The van der Waals surface area contributed by atoms with E-state index in [4.69, 9.17) is 0 Å². The third-order valence-electron chi connectivity index (χ3n) is 6.25. The van der Waals surface area contributed by atoms with Gasteiger partial charge in [0.05, 0.1) is 11.3 Å². The molecule has 1 aromatic carbocycles. The Morgan fingerprint density at radius 1 is 1.32 bits per heavy atom. The van der Waals surface area contributed by atoms with Crippen LogP contribution in [-0.4, -0.2) is 40.4 Å². The van der Waals surface area contributed by atoms with Crippen LogP contribution in [0.25, 0.3) is 0 Å². The van der Waals surface area contributed by atoms with Gasteiger partial charge in [-0.25, -0.2) is 0 Å². The van der Waals surface area contributed by atoms with Gasteiger partial charge in [0.25, 0.3) is 5.91 Å². The van der Waals surface area contributed by atoms with E-state index in [1.807, 2.05) is 24.0 Å². The van der Waals surface area contributed by atoms with Crippen LogP contribution in [0, 0.1) is 12.8 Å². The highest BCUT2D eigenvalue weighted by Crippen LogP contribution is 2.35. The summed E-state index contributed by atoms with van der Waals surface area (Å²) >= 11 is 0. The summed E-state index contributed by atoms with van der Waals surface area (Å²) in [7, 11) is 2.71. The van der Waals surface area contributed by atoms with Crippen molar-refractivity contribution < 1.29 is 9.90 Å². The number of piperazine rings is 1. The number of nitrogens with one attached hydrogen (secondary N) is 1. The van der Waals surface area contributed by atoms with Gasteiger partial charge >= 0.3 is 0 Å². The number of hydrogen-bond donors (Lipinski definition) is 2. The summed E-state index contributed by atoms with van der Waals surface area (Å²) in [5, 5.41) is 14.9. The minimum Gasteiger partial charge on any atom is -0.505 e. The molecule has 1 fully saturated rings. The van der Waals surface area contributed by atoms with Crippen molar-refractivity contribution in [1.82, 2.24) is 15.1 Å². The van der Waals surface area contributed by atoms with Crippen molar-refractivity contribution >= 4 is 20.5 Å². The van der Waals surface area contributed by atoms with Gasteiger partial charge in [0.15, 0.2) is 0 Å². The standard InChI is InChI=1S/C25H34N3O2P/c1-6-16(2)9-10-27-11-12-28-15-21(18(4)24(29)23(28)19(27)5)25(30)26-14-20-8-7-17(3)13-22(20)31/h7-8,13,15-16,29H,4-6,9-12,14,31H2,1-3H3,(H,26,30)/t16-/m1/s1. The van der Waals surface area contributed by atoms with Crippen molar-refractivity contribution in [2.24, 2.45) is 5.92 Å². The molecular formula is C25H34N3O2P. The predicted molar refractivity (Wildman–Crippen MR) is 131 cm³/mol. The Morgan fingerprint density at radius 2 is 2.06 bits per heavy atom. The van der Waals surface area contributed by atoms with Crippen molar-refractivity contribution in [3.63, 3.8) is 0 Å². The second-order valence-electron chi connectivity index (χ2n) is 8.53. The third-order valence-corrected chi connectivity index (χ3v) is 6.78. The van der Waals surface area contributed by atoms with Gasteiger partial charge in [-0.15, -0.1) is 9.24 Å². The molecule has 6 heteroatoms. The molecule has 2 atom stereocenters. The molecule has 1 unspecified atom stereocenters. The summed E-state index contributed by atoms with van der Waals surface area (Å²) in [6, 6.07) is 6.11. The molecule has 1 aromatic rings. The number of carbonyl (C=O) groups excluding carboxylic acids is 1. The van der Waals surface area contributed by atoms with E-state index in [1.54, 1.807) is 6.20 Å². The number of benzene rings is 1. The van der Waals surface area contributed by atoms with Crippen LogP contribution < -0.4 is 10.6 Å². The minimum absolute atomic E-state index is 0.0352. The molecule has 0 saturated carbocycles. The third kappa shape index (κ3) is 5.04. The molecule has 2 heterocycles. The van der Waals surface area contributed by atoms with Gasteiger partial charge in [0.2, 0.25) is 0 Å². The zero-order chi connectivity index (χ0) is 22.7. The van der Waals surface area contributed by atoms with Crippen LogP contribution in [0.2, 0.25) is 0 Å². The summed E-state index contributed by atoms with van der Waals surface area (Å²) in [6.07, 6.45) is 4.03. The smallest absolute Gasteiger partial charge is 0.253 e. The highest BCUT2D eigenvalue weighted by molar-refractivity contribution is 7.27. The van der Waals surface area contributed by atoms with Gasteiger partial charge < -0.3 is 20.2 Å². The van der Waals surface area contributed by atoms with Crippen LogP contribution in [0.1, 0.15) is 37.8 Å². The Morgan fingerprint density at radius 3 is 2.74 bits per heavy atom. The molecule has 5 nitrogen and oxygen atoms in total. The first-order chi connectivity index (χ1) is 14.7. The number of fused-ring (bicyclic) bond motifs is 1.